The van der Waals surface area contributed by atoms with Crippen LogP contribution in [0.2, 0.25) is 0 Å². The molecule has 2 fully saturated rings. The summed E-state index contributed by atoms with van der Waals surface area (Å²) < 4.78 is 5.84. The second-order valence-electron chi connectivity index (χ2n) is 7.25. The number of anilines is 1. The molecule has 2 amide bonds. The fourth-order valence-corrected chi connectivity index (χ4v) is 5.81. The minimum atomic E-state index is -1.18. The maximum Gasteiger partial charge on any atom is 0.352 e. The van der Waals surface area contributed by atoms with Crippen LogP contribution < -0.4 is 11.1 Å². The van der Waals surface area contributed by atoms with E-state index in [4.69, 9.17) is 15.3 Å². The number of nitrogen functional groups attached to an aromatic ring is 1. The van der Waals surface area contributed by atoms with Gasteiger partial charge in [0.15, 0.2) is 10.8 Å². The van der Waals surface area contributed by atoms with Gasteiger partial charge in [0.05, 0.1) is 12.2 Å². The van der Waals surface area contributed by atoms with Gasteiger partial charge in [0.1, 0.15) is 29.9 Å². The maximum absolute atomic E-state index is 12.8. The van der Waals surface area contributed by atoms with Crippen LogP contribution in [0, 0.1) is 0 Å². The Labute approximate surface area is 185 Å². The smallest absolute Gasteiger partial charge is 0.352 e. The average molecular weight is 468 g/mol. The lowest BCUT2D eigenvalue weighted by atomic mass is 9.99. The molecule has 1 aromatic heterocycles. The first-order valence-corrected chi connectivity index (χ1v) is 11.4. The molecule has 31 heavy (non-hydrogen) atoms. The average Bonchev–Trinajstić information content (AvgIpc) is 3.36. The van der Waals surface area contributed by atoms with Crippen LogP contribution in [0.3, 0.4) is 0 Å². The highest BCUT2D eigenvalue weighted by atomic mass is 32.2. The lowest BCUT2D eigenvalue weighted by molar-refractivity contribution is -0.150. The molecule has 0 spiro atoms. The lowest BCUT2D eigenvalue weighted by Crippen LogP contribution is -2.71. The number of aromatic nitrogens is 1. The van der Waals surface area contributed by atoms with Gasteiger partial charge < -0.3 is 25.7 Å². The molecule has 4 rings (SSSR count). The number of nitrogens with one attached hydrogen (secondary N) is 1. The van der Waals surface area contributed by atoms with Gasteiger partial charge in [-0.15, -0.1) is 23.1 Å². The second kappa shape index (κ2) is 8.48. The van der Waals surface area contributed by atoms with Gasteiger partial charge in [0, 0.05) is 11.1 Å². The van der Waals surface area contributed by atoms with Crippen molar-refractivity contribution < 1.29 is 29.1 Å². The van der Waals surface area contributed by atoms with Crippen LogP contribution in [0.4, 0.5) is 5.13 Å². The molecule has 0 aliphatic carbocycles. The predicted molar refractivity (Wildman–Crippen MR) is 113 cm³/mol. The number of amides is 2. The van der Waals surface area contributed by atoms with Crippen molar-refractivity contribution in [3.05, 3.63) is 22.3 Å². The van der Waals surface area contributed by atoms with E-state index in [9.17, 15) is 19.5 Å². The predicted octanol–water partition coefficient (Wildman–Crippen LogP) is 0.382. The Kier molecular flexibility index (Phi) is 5.90. The molecule has 0 aromatic carbocycles. The van der Waals surface area contributed by atoms with E-state index in [1.54, 1.807) is 5.38 Å². The Morgan fingerprint density at radius 2 is 2.23 bits per heavy atom. The van der Waals surface area contributed by atoms with Gasteiger partial charge in [-0.05, 0) is 25.3 Å². The number of hydrogen-bond acceptors (Lipinski definition) is 10. The number of carboxylic acids is 1. The molecule has 4 heterocycles. The Morgan fingerprint density at radius 3 is 2.81 bits per heavy atom. The number of β-lactam (4-membered cyclic amide) rings is 1. The minimum Gasteiger partial charge on any atom is -0.477 e. The van der Waals surface area contributed by atoms with Crippen molar-refractivity contribution in [3.8, 4) is 0 Å². The zero-order valence-corrected chi connectivity index (χ0v) is 18.4. The third kappa shape index (κ3) is 3.88. The van der Waals surface area contributed by atoms with E-state index >= 15 is 0 Å². The number of rotatable bonds is 6. The standard InChI is InChI=1S/C18H21N5O6S2/c1-7-3-4-10(29-7)8-5-30-16-12(15(25)23(16)13(8)17(26)27)21-14(24)11(22-28-2)9-6-31-18(19)20-9/h6-7,10,12,16H,3-5H2,1-2H3,(H2,19,20)(H,21,24)(H,26,27)/b22-11-/t7-,10?,12-,16-/m1/s1. The van der Waals surface area contributed by atoms with Gasteiger partial charge in [-0.3, -0.25) is 14.5 Å². The summed E-state index contributed by atoms with van der Waals surface area (Å²) in [6.45, 7) is 1.94. The third-order valence-corrected chi connectivity index (χ3v) is 7.25. The Bertz CT molecular complexity index is 992. The number of hydrogen-bond donors (Lipinski definition) is 3. The minimum absolute atomic E-state index is 0.0450. The van der Waals surface area contributed by atoms with Crippen LogP contribution in [0.1, 0.15) is 25.5 Å². The van der Waals surface area contributed by atoms with E-state index in [1.165, 1.54) is 23.8 Å². The molecule has 4 atom stereocenters. The fourth-order valence-electron chi connectivity index (χ4n) is 3.85. The number of nitrogens with zero attached hydrogens (tertiary/aromatic N) is 3. The van der Waals surface area contributed by atoms with E-state index in [0.29, 0.717) is 17.7 Å². The Morgan fingerprint density at radius 1 is 1.45 bits per heavy atom. The topological polar surface area (TPSA) is 156 Å². The molecule has 11 nitrogen and oxygen atoms in total. The molecule has 3 aliphatic rings. The van der Waals surface area contributed by atoms with Gasteiger partial charge in [0.2, 0.25) is 0 Å². The van der Waals surface area contributed by atoms with Crippen LogP contribution in [0.25, 0.3) is 0 Å². The largest absolute Gasteiger partial charge is 0.477 e. The number of thiazole rings is 1. The number of ether oxygens (including phenoxy) is 1. The first-order chi connectivity index (χ1) is 14.8. The molecular formula is C18H21N5O6S2. The van der Waals surface area contributed by atoms with Gasteiger partial charge >= 0.3 is 5.97 Å². The van der Waals surface area contributed by atoms with Crippen LogP contribution in [0.15, 0.2) is 21.8 Å². The molecule has 0 bridgehead atoms. The van der Waals surface area contributed by atoms with Gasteiger partial charge in [-0.25, -0.2) is 9.78 Å². The highest BCUT2D eigenvalue weighted by Gasteiger charge is 2.55. The summed E-state index contributed by atoms with van der Waals surface area (Å²) in [5.74, 6) is -1.94. The summed E-state index contributed by atoms with van der Waals surface area (Å²) >= 11 is 2.53. The van der Waals surface area contributed by atoms with Crippen molar-refractivity contribution in [1.29, 1.82) is 0 Å². The first-order valence-electron chi connectivity index (χ1n) is 9.51. The van der Waals surface area contributed by atoms with Crippen molar-refractivity contribution in [1.82, 2.24) is 15.2 Å². The molecule has 2 saturated heterocycles. The molecular weight excluding hydrogens is 446 g/mol. The number of carbonyl (C=O) groups is 3. The zero-order chi connectivity index (χ0) is 22.3. The molecule has 13 heteroatoms. The number of oxime groups is 1. The Balaban J connectivity index is 1.53. The molecule has 0 radical (unpaired) electrons. The number of carboxylic acid groups (broad SMARTS) is 1. The van der Waals surface area contributed by atoms with Gasteiger partial charge in [-0.1, -0.05) is 5.16 Å². The molecule has 4 N–H and O–H groups in total. The van der Waals surface area contributed by atoms with Gasteiger partial charge in [0.25, 0.3) is 11.8 Å². The van der Waals surface area contributed by atoms with Crippen molar-refractivity contribution in [3.63, 3.8) is 0 Å². The molecule has 1 aromatic rings. The maximum atomic E-state index is 12.8. The number of thioether (sulfide) groups is 1. The fraction of sp³-hybridized carbons (Fsp3) is 0.500. The van der Waals surface area contributed by atoms with Crippen LogP contribution in [-0.4, -0.2) is 75.0 Å². The van der Waals surface area contributed by atoms with Crippen molar-refractivity contribution in [2.24, 2.45) is 5.16 Å². The van der Waals surface area contributed by atoms with E-state index < -0.39 is 29.2 Å². The third-order valence-electron chi connectivity index (χ3n) is 5.27. The Hall–Kier alpha value is -2.64. The van der Waals surface area contributed by atoms with Crippen LogP contribution in [0.5, 0.6) is 0 Å². The first kappa shape index (κ1) is 21.6. The summed E-state index contributed by atoms with van der Waals surface area (Å²) in [6.07, 6.45) is 1.29. The summed E-state index contributed by atoms with van der Waals surface area (Å²) in [7, 11) is 1.29. The van der Waals surface area contributed by atoms with Crippen molar-refractivity contribution >= 4 is 51.7 Å². The van der Waals surface area contributed by atoms with Crippen LogP contribution in [-0.2, 0) is 24.0 Å². The summed E-state index contributed by atoms with van der Waals surface area (Å²) in [6, 6.07) is -0.894. The molecule has 1 unspecified atom stereocenters. The molecule has 0 saturated carbocycles. The van der Waals surface area contributed by atoms with Crippen LogP contribution >= 0.6 is 23.1 Å². The summed E-state index contributed by atoms with van der Waals surface area (Å²) in [5, 5.41) is 17.4. The zero-order valence-electron chi connectivity index (χ0n) is 16.7. The number of nitrogens with two attached hydrogens (primary N) is 1. The van der Waals surface area contributed by atoms with E-state index in [-0.39, 0.29) is 34.4 Å². The SMILES string of the molecule is CO/N=C(\C(=O)N[C@@H]1C(=O)N2C(C(=O)O)=C(C3CC[C@@H](C)O3)CS[C@H]12)c1csc(N)n1. The van der Waals surface area contributed by atoms with Gasteiger partial charge in [-0.2, -0.15) is 0 Å². The van der Waals surface area contributed by atoms with E-state index in [2.05, 4.69) is 15.5 Å². The monoisotopic (exact) mass is 467 g/mol. The van der Waals surface area contributed by atoms with E-state index in [1.807, 2.05) is 6.92 Å². The number of carbonyl (C=O) groups excluding carboxylic acids is 2. The quantitative estimate of drug-likeness (QED) is 0.306. The van der Waals surface area contributed by atoms with Crippen molar-refractivity contribution in [2.75, 3.05) is 18.6 Å². The summed E-state index contributed by atoms with van der Waals surface area (Å²) in [5.41, 5.74) is 6.29. The normalized spacial score (nSPS) is 28.3. The second-order valence-corrected chi connectivity index (χ2v) is 9.24. The highest BCUT2D eigenvalue weighted by molar-refractivity contribution is 8.00. The molecule has 3 aliphatic heterocycles. The van der Waals surface area contributed by atoms with Crippen molar-refractivity contribution in [2.45, 2.75) is 43.4 Å². The van der Waals surface area contributed by atoms with E-state index in [0.717, 1.165) is 17.8 Å². The highest BCUT2D eigenvalue weighted by Crippen LogP contribution is 2.43. The number of fused-ring (bicyclic) bond motifs is 1. The summed E-state index contributed by atoms with van der Waals surface area (Å²) in [4.78, 5) is 47.6. The molecule has 166 valence electrons. The lowest BCUT2D eigenvalue weighted by Gasteiger charge is -2.49. The number of aliphatic carboxylic acids is 1.